The van der Waals surface area contributed by atoms with Gasteiger partial charge in [0, 0.05) is 6.20 Å². The summed E-state index contributed by atoms with van der Waals surface area (Å²) in [6.45, 7) is 1.61. The lowest BCUT2D eigenvalue weighted by Crippen LogP contribution is -1.99. The maximum atomic E-state index is 9.37. The molecule has 5 heteroatoms. The molecule has 2 heterocycles. The summed E-state index contributed by atoms with van der Waals surface area (Å²) in [7, 11) is 0. The minimum absolute atomic E-state index is 0.442. The lowest BCUT2D eigenvalue weighted by molar-refractivity contribution is 0.187. The molecule has 0 aliphatic carbocycles. The van der Waals surface area contributed by atoms with Gasteiger partial charge in [0.15, 0.2) is 11.5 Å². The number of rotatable bonds is 1. The maximum absolute atomic E-state index is 9.37. The van der Waals surface area contributed by atoms with Crippen molar-refractivity contribution in [3.63, 3.8) is 0 Å². The van der Waals surface area contributed by atoms with Crippen LogP contribution in [0.5, 0.6) is 0 Å². The number of nitriles is 1. The van der Waals surface area contributed by atoms with Crippen LogP contribution in [0.3, 0.4) is 0 Å². The van der Waals surface area contributed by atoms with Gasteiger partial charge < -0.3 is 5.11 Å². The molecule has 0 bridgehead atoms. The molecule has 2 aromatic heterocycles. The molecule has 0 saturated carbocycles. The lowest BCUT2D eigenvalue weighted by Gasteiger charge is -2.01. The number of pyridine rings is 1. The Morgan fingerprint density at radius 3 is 2.93 bits per heavy atom. The minimum atomic E-state index is -0.695. The third kappa shape index (κ3) is 1.22. The molecular formula is C9H8N4O. The van der Waals surface area contributed by atoms with E-state index in [9.17, 15) is 5.11 Å². The van der Waals surface area contributed by atoms with Crippen LogP contribution in [-0.2, 0) is 0 Å². The highest BCUT2D eigenvalue weighted by atomic mass is 16.3. The Kier molecular flexibility index (Phi) is 1.91. The molecule has 0 amide bonds. The number of aliphatic hydroxyl groups is 1. The van der Waals surface area contributed by atoms with Crippen molar-refractivity contribution >= 4 is 5.65 Å². The third-order valence-corrected chi connectivity index (χ3v) is 1.93. The van der Waals surface area contributed by atoms with Crippen molar-refractivity contribution in [1.29, 1.82) is 5.26 Å². The molecule has 14 heavy (non-hydrogen) atoms. The molecule has 0 aliphatic heterocycles. The van der Waals surface area contributed by atoms with E-state index < -0.39 is 6.10 Å². The quantitative estimate of drug-likeness (QED) is 0.713. The number of aromatic nitrogens is 3. The Labute approximate surface area is 80.2 Å². The summed E-state index contributed by atoms with van der Waals surface area (Å²) in [6, 6.07) is 5.37. The Morgan fingerprint density at radius 2 is 2.29 bits per heavy atom. The van der Waals surface area contributed by atoms with Crippen LogP contribution in [-0.4, -0.2) is 19.7 Å². The third-order valence-electron chi connectivity index (χ3n) is 1.93. The molecule has 0 aliphatic rings. The average molecular weight is 188 g/mol. The van der Waals surface area contributed by atoms with Crippen LogP contribution < -0.4 is 0 Å². The van der Waals surface area contributed by atoms with E-state index >= 15 is 0 Å². The Hall–Kier alpha value is -1.93. The van der Waals surface area contributed by atoms with Crippen molar-refractivity contribution in [2.24, 2.45) is 0 Å². The number of nitrogens with zero attached hydrogens (tertiary/aromatic N) is 4. The van der Waals surface area contributed by atoms with Gasteiger partial charge in [-0.25, -0.2) is 0 Å². The van der Waals surface area contributed by atoms with E-state index in [-0.39, 0.29) is 0 Å². The Balaban J connectivity index is 2.71. The second kappa shape index (κ2) is 3.09. The first-order valence-electron chi connectivity index (χ1n) is 4.15. The van der Waals surface area contributed by atoms with Crippen molar-refractivity contribution in [3.8, 4) is 6.07 Å². The highest BCUT2D eigenvalue weighted by molar-refractivity contribution is 5.42. The summed E-state index contributed by atoms with van der Waals surface area (Å²) in [5, 5.41) is 25.7. The first-order chi connectivity index (χ1) is 6.72. The van der Waals surface area contributed by atoms with Crippen molar-refractivity contribution < 1.29 is 5.11 Å². The minimum Gasteiger partial charge on any atom is -0.385 e. The number of hydrogen-bond donors (Lipinski definition) is 1. The topological polar surface area (TPSA) is 74.2 Å². The number of aliphatic hydroxyl groups excluding tert-OH is 1. The van der Waals surface area contributed by atoms with Gasteiger partial charge in [-0.3, -0.25) is 4.40 Å². The van der Waals surface area contributed by atoms with E-state index in [1.807, 2.05) is 6.07 Å². The standard InChI is InChI=1S/C9H8N4O/c1-6(14)9-12-11-8-3-2-7(4-10)5-13(8)9/h2-3,5-6,14H,1H3. The maximum Gasteiger partial charge on any atom is 0.166 e. The van der Waals surface area contributed by atoms with Gasteiger partial charge in [0.2, 0.25) is 0 Å². The summed E-state index contributed by atoms with van der Waals surface area (Å²) < 4.78 is 1.61. The highest BCUT2D eigenvalue weighted by Gasteiger charge is 2.10. The zero-order valence-corrected chi connectivity index (χ0v) is 7.55. The summed E-state index contributed by atoms with van der Waals surface area (Å²) in [5.41, 5.74) is 1.14. The summed E-state index contributed by atoms with van der Waals surface area (Å²) in [5.74, 6) is 0.442. The summed E-state index contributed by atoms with van der Waals surface area (Å²) >= 11 is 0. The molecule has 1 N–H and O–H groups in total. The monoisotopic (exact) mass is 188 g/mol. The molecule has 5 nitrogen and oxygen atoms in total. The van der Waals surface area contributed by atoms with Gasteiger partial charge in [-0.1, -0.05) is 0 Å². The molecule has 0 radical (unpaired) electrons. The Morgan fingerprint density at radius 1 is 1.50 bits per heavy atom. The second-order valence-corrected chi connectivity index (χ2v) is 2.99. The van der Waals surface area contributed by atoms with Gasteiger partial charge in [-0.2, -0.15) is 5.26 Å². The Bertz CT molecular complexity index is 509. The van der Waals surface area contributed by atoms with Crippen LogP contribution in [0.1, 0.15) is 24.4 Å². The van der Waals surface area contributed by atoms with Gasteiger partial charge in [-0.15, -0.1) is 10.2 Å². The normalized spacial score (nSPS) is 12.6. The molecule has 0 aromatic carbocycles. The highest BCUT2D eigenvalue weighted by Crippen LogP contribution is 2.12. The number of fused-ring (bicyclic) bond motifs is 1. The average Bonchev–Trinajstić information content (AvgIpc) is 2.59. The molecule has 1 unspecified atom stereocenters. The fraction of sp³-hybridized carbons (Fsp3) is 0.222. The first kappa shape index (κ1) is 8.66. The van der Waals surface area contributed by atoms with Gasteiger partial charge in [0.05, 0.1) is 5.56 Å². The zero-order chi connectivity index (χ0) is 10.1. The molecule has 70 valence electrons. The molecule has 0 saturated heterocycles. The molecule has 2 aromatic rings. The van der Waals surface area contributed by atoms with Gasteiger partial charge >= 0.3 is 0 Å². The van der Waals surface area contributed by atoms with E-state index in [2.05, 4.69) is 10.2 Å². The number of hydrogen-bond acceptors (Lipinski definition) is 4. The van der Waals surface area contributed by atoms with Crippen LogP contribution in [0.2, 0.25) is 0 Å². The van der Waals surface area contributed by atoms with Gasteiger partial charge in [0.1, 0.15) is 12.2 Å². The van der Waals surface area contributed by atoms with E-state index in [4.69, 9.17) is 5.26 Å². The summed E-state index contributed by atoms with van der Waals surface area (Å²) in [4.78, 5) is 0. The predicted octanol–water partition coefficient (Wildman–Crippen LogP) is 0.654. The molecule has 0 spiro atoms. The van der Waals surface area contributed by atoms with Crippen molar-refractivity contribution in [3.05, 3.63) is 29.7 Å². The fourth-order valence-corrected chi connectivity index (χ4v) is 1.26. The SMILES string of the molecule is CC(O)c1nnc2ccc(C#N)cn12. The molecule has 0 fully saturated rings. The van der Waals surface area contributed by atoms with E-state index in [1.165, 1.54) is 0 Å². The largest absolute Gasteiger partial charge is 0.385 e. The summed E-state index contributed by atoms with van der Waals surface area (Å²) in [6.07, 6.45) is 0.913. The first-order valence-corrected chi connectivity index (χ1v) is 4.15. The lowest BCUT2D eigenvalue weighted by atomic mass is 10.3. The predicted molar refractivity (Wildman–Crippen MR) is 48.3 cm³/mol. The zero-order valence-electron chi connectivity index (χ0n) is 7.55. The van der Waals surface area contributed by atoms with Gasteiger partial charge in [0.25, 0.3) is 0 Å². The van der Waals surface area contributed by atoms with E-state index in [1.54, 1.807) is 29.7 Å². The van der Waals surface area contributed by atoms with Crippen molar-refractivity contribution in [2.45, 2.75) is 13.0 Å². The van der Waals surface area contributed by atoms with Crippen LogP contribution >= 0.6 is 0 Å². The van der Waals surface area contributed by atoms with Crippen LogP contribution in [0, 0.1) is 11.3 Å². The van der Waals surface area contributed by atoms with Crippen molar-refractivity contribution in [1.82, 2.24) is 14.6 Å². The van der Waals surface area contributed by atoms with Gasteiger partial charge in [-0.05, 0) is 19.1 Å². The molecule has 1 atom stereocenters. The molecular weight excluding hydrogens is 180 g/mol. The van der Waals surface area contributed by atoms with Crippen molar-refractivity contribution in [2.75, 3.05) is 0 Å². The van der Waals surface area contributed by atoms with Crippen LogP contribution in [0.4, 0.5) is 0 Å². The molecule has 2 rings (SSSR count). The van der Waals surface area contributed by atoms with E-state index in [0.29, 0.717) is 17.0 Å². The second-order valence-electron chi connectivity index (χ2n) is 2.99. The smallest absolute Gasteiger partial charge is 0.166 e. The van der Waals surface area contributed by atoms with Crippen LogP contribution in [0.15, 0.2) is 18.3 Å². The fourth-order valence-electron chi connectivity index (χ4n) is 1.26. The van der Waals surface area contributed by atoms with E-state index in [0.717, 1.165) is 0 Å². The van der Waals surface area contributed by atoms with Crippen LogP contribution in [0.25, 0.3) is 5.65 Å².